The summed E-state index contributed by atoms with van der Waals surface area (Å²) in [4.78, 5) is 25.8. The summed E-state index contributed by atoms with van der Waals surface area (Å²) in [6.45, 7) is 1.60. The molecular weight excluding hydrogens is 260 g/mol. The second kappa shape index (κ2) is 7.49. The Balaban J connectivity index is 2.82. The van der Waals surface area contributed by atoms with Crippen molar-refractivity contribution in [2.75, 3.05) is 25.0 Å². The number of aliphatic carboxylic acids is 1. The monoisotopic (exact) mass is 280 g/mol. The van der Waals surface area contributed by atoms with Crippen LogP contribution in [0.2, 0.25) is 0 Å². The van der Waals surface area contributed by atoms with Crippen LogP contribution in [0.25, 0.3) is 0 Å². The maximum Gasteiger partial charge on any atom is 0.324 e. The van der Waals surface area contributed by atoms with Gasteiger partial charge in [-0.25, -0.2) is 4.79 Å². The van der Waals surface area contributed by atoms with Gasteiger partial charge in [0.2, 0.25) is 0 Å². The standard InChI is InChI=1S/C14H20N2O4/c1-11(17)8-9-15(2)14(20)16(10-13(18)19)12-6-4-3-5-7-12/h3-7,11,17H,8-10H2,1-2H3,(H,18,19). The molecule has 0 aliphatic heterocycles. The average Bonchev–Trinajstić information content (AvgIpc) is 2.42. The van der Waals surface area contributed by atoms with Gasteiger partial charge in [-0.05, 0) is 25.5 Å². The van der Waals surface area contributed by atoms with Crippen molar-refractivity contribution in [2.45, 2.75) is 19.4 Å². The minimum atomic E-state index is -1.08. The third kappa shape index (κ3) is 4.89. The number of para-hydroxylation sites is 1. The number of anilines is 1. The fourth-order valence-corrected chi connectivity index (χ4v) is 1.69. The normalized spacial score (nSPS) is 11.8. The lowest BCUT2D eigenvalue weighted by molar-refractivity contribution is -0.135. The first kappa shape index (κ1) is 16.0. The summed E-state index contributed by atoms with van der Waals surface area (Å²) in [7, 11) is 1.59. The van der Waals surface area contributed by atoms with Crippen molar-refractivity contribution >= 4 is 17.7 Å². The van der Waals surface area contributed by atoms with Gasteiger partial charge >= 0.3 is 12.0 Å². The summed E-state index contributed by atoms with van der Waals surface area (Å²) in [6, 6.07) is 8.25. The number of nitrogens with zero attached hydrogens (tertiary/aromatic N) is 2. The minimum Gasteiger partial charge on any atom is -0.480 e. The molecule has 110 valence electrons. The van der Waals surface area contributed by atoms with Crippen molar-refractivity contribution in [3.63, 3.8) is 0 Å². The van der Waals surface area contributed by atoms with E-state index in [0.717, 1.165) is 0 Å². The van der Waals surface area contributed by atoms with Crippen LogP contribution in [0, 0.1) is 0 Å². The predicted octanol–water partition coefficient (Wildman–Crippen LogP) is 1.40. The van der Waals surface area contributed by atoms with E-state index in [1.165, 1.54) is 9.80 Å². The zero-order valence-electron chi connectivity index (χ0n) is 11.7. The van der Waals surface area contributed by atoms with Gasteiger partial charge in [0.05, 0.1) is 6.10 Å². The van der Waals surface area contributed by atoms with Crippen molar-refractivity contribution in [1.29, 1.82) is 0 Å². The zero-order valence-corrected chi connectivity index (χ0v) is 11.7. The number of aliphatic hydroxyl groups is 1. The molecule has 1 unspecified atom stereocenters. The number of carboxylic acids is 1. The Bertz CT molecular complexity index is 448. The molecule has 0 fully saturated rings. The second-order valence-corrected chi connectivity index (χ2v) is 4.66. The number of carboxylic acid groups (broad SMARTS) is 1. The Labute approximate surface area is 118 Å². The van der Waals surface area contributed by atoms with Crippen LogP contribution in [0.4, 0.5) is 10.5 Å². The SMILES string of the molecule is CC(O)CCN(C)C(=O)N(CC(=O)O)c1ccccc1. The molecule has 2 amide bonds. The highest BCUT2D eigenvalue weighted by molar-refractivity contribution is 5.96. The summed E-state index contributed by atoms with van der Waals surface area (Å²) < 4.78 is 0. The van der Waals surface area contributed by atoms with E-state index in [0.29, 0.717) is 18.7 Å². The fraction of sp³-hybridized carbons (Fsp3) is 0.429. The van der Waals surface area contributed by atoms with Crippen LogP contribution in [-0.4, -0.2) is 53.4 Å². The lowest BCUT2D eigenvalue weighted by Crippen LogP contribution is -2.44. The summed E-state index contributed by atoms with van der Waals surface area (Å²) in [5.74, 6) is -1.08. The van der Waals surface area contributed by atoms with Crippen molar-refractivity contribution < 1.29 is 19.8 Å². The highest BCUT2D eigenvalue weighted by Crippen LogP contribution is 2.15. The van der Waals surface area contributed by atoms with Crippen LogP contribution in [0.5, 0.6) is 0 Å². The van der Waals surface area contributed by atoms with Crippen molar-refractivity contribution in [1.82, 2.24) is 4.90 Å². The molecule has 0 radical (unpaired) electrons. The lowest BCUT2D eigenvalue weighted by Gasteiger charge is -2.27. The van der Waals surface area contributed by atoms with Gasteiger partial charge < -0.3 is 15.1 Å². The van der Waals surface area contributed by atoms with E-state index in [-0.39, 0.29) is 0 Å². The average molecular weight is 280 g/mol. The van der Waals surface area contributed by atoms with E-state index in [1.54, 1.807) is 44.3 Å². The Hall–Kier alpha value is -2.08. The molecule has 0 bridgehead atoms. The number of hydrogen-bond donors (Lipinski definition) is 2. The van der Waals surface area contributed by atoms with Crippen molar-refractivity contribution in [2.24, 2.45) is 0 Å². The molecule has 0 aliphatic rings. The molecule has 1 aromatic rings. The van der Waals surface area contributed by atoms with Crippen LogP contribution in [0.15, 0.2) is 30.3 Å². The molecule has 0 saturated carbocycles. The van der Waals surface area contributed by atoms with E-state index in [1.807, 2.05) is 0 Å². The van der Waals surface area contributed by atoms with Crippen molar-refractivity contribution in [3.8, 4) is 0 Å². The van der Waals surface area contributed by atoms with Crippen molar-refractivity contribution in [3.05, 3.63) is 30.3 Å². The lowest BCUT2D eigenvalue weighted by atomic mass is 10.2. The summed E-state index contributed by atoms with van der Waals surface area (Å²) in [6.07, 6.45) is -0.0623. The molecule has 0 heterocycles. The highest BCUT2D eigenvalue weighted by atomic mass is 16.4. The topological polar surface area (TPSA) is 81.1 Å². The number of benzene rings is 1. The summed E-state index contributed by atoms with van der Waals surface area (Å²) >= 11 is 0. The maximum atomic E-state index is 12.3. The maximum absolute atomic E-state index is 12.3. The Kier molecular flexibility index (Phi) is 5.99. The number of carbonyl (C=O) groups excluding carboxylic acids is 1. The second-order valence-electron chi connectivity index (χ2n) is 4.66. The van der Waals surface area contributed by atoms with Gasteiger partial charge in [-0.2, -0.15) is 0 Å². The first-order valence-electron chi connectivity index (χ1n) is 6.39. The Morgan fingerprint density at radius 2 is 1.85 bits per heavy atom. The molecule has 1 aromatic carbocycles. The van der Waals surface area contributed by atoms with Gasteiger partial charge in [-0.1, -0.05) is 18.2 Å². The first-order valence-corrected chi connectivity index (χ1v) is 6.39. The summed E-state index contributed by atoms with van der Waals surface area (Å²) in [5.41, 5.74) is 0.531. The third-order valence-corrected chi connectivity index (χ3v) is 2.80. The van der Waals surface area contributed by atoms with Gasteiger partial charge in [-0.15, -0.1) is 0 Å². The van der Waals surface area contributed by atoms with Crippen LogP contribution < -0.4 is 4.90 Å². The van der Waals surface area contributed by atoms with Gasteiger partial charge in [0.1, 0.15) is 6.54 Å². The molecular formula is C14H20N2O4. The van der Waals surface area contributed by atoms with Crippen LogP contribution in [-0.2, 0) is 4.79 Å². The van der Waals surface area contributed by atoms with Gasteiger partial charge in [0.15, 0.2) is 0 Å². The molecule has 2 N–H and O–H groups in total. The minimum absolute atomic E-state index is 0.361. The van der Waals surface area contributed by atoms with E-state index < -0.39 is 24.6 Å². The highest BCUT2D eigenvalue weighted by Gasteiger charge is 2.22. The molecule has 0 aliphatic carbocycles. The van der Waals surface area contributed by atoms with Gasteiger partial charge in [0.25, 0.3) is 0 Å². The van der Waals surface area contributed by atoms with E-state index >= 15 is 0 Å². The Morgan fingerprint density at radius 1 is 1.25 bits per heavy atom. The quantitative estimate of drug-likeness (QED) is 0.825. The molecule has 0 spiro atoms. The largest absolute Gasteiger partial charge is 0.480 e. The summed E-state index contributed by atoms with van der Waals surface area (Å²) in [5, 5.41) is 18.2. The fourth-order valence-electron chi connectivity index (χ4n) is 1.69. The number of amides is 2. The molecule has 6 nitrogen and oxygen atoms in total. The predicted molar refractivity (Wildman–Crippen MR) is 75.7 cm³/mol. The van der Waals surface area contributed by atoms with E-state index in [2.05, 4.69) is 0 Å². The third-order valence-electron chi connectivity index (χ3n) is 2.80. The molecule has 6 heteroatoms. The number of carbonyl (C=O) groups is 2. The molecule has 1 rings (SSSR count). The van der Waals surface area contributed by atoms with E-state index in [4.69, 9.17) is 5.11 Å². The van der Waals surface area contributed by atoms with Crippen LogP contribution >= 0.6 is 0 Å². The smallest absolute Gasteiger partial charge is 0.324 e. The van der Waals surface area contributed by atoms with Gasteiger partial charge in [-0.3, -0.25) is 9.69 Å². The number of hydrogen-bond acceptors (Lipinski definition) is 3. The number of aliphatic hydroxyl groups excluding tert-OH is 1. The first-order chi connectivity index (χ1) is 9.41. The number of urea groups is 1. The Morgan fingerprint density at radius 3 is 2.35 bits per heavy atom. The van der Waals surface area contributed by atoms with Gasteiger partial charge in [0, 0.05) is 19.3 Å². The zero-order chi connectivity index (χ0) is 15.1. The molecule has 20 heavy (non-hydrogen) atoms. The molecule has 0 aromatic heterocycles. The number of rotatable bonds is 6. The van der Waals surface area contributed by atoms with Crippen LogP contribution in [0.1, 0.15) is 13.3 Å². The van der Waals surface area contributed by atoms with E-state index in [9.17, 15) is 14.7 Å². The molecule has 0 saturated heterocycles. The molecule has 1 atom stereocenters. The van der Waals surface area contributed by atoms with Crippen LogP contribution in [0.3, 0.4) is 0 Å².